The van der Waals surface area contributed by atoms with E-state index in [0.717, 1.165) is 131 Å². The maximum atomic E-state index is 12.3. The number of hydrogen-bond donors (Lipinski definition) is 3. The van der Waals surface area contributed by atoms with Crippen molar-refractivity contribution in [2.75, 3.05) is 75.2 Å². The van der Waals surface area contributed by atoms with Crippen LogP contribution in [0.5, 0.6) is 11.5 Å². The second-order valence-electron chi connectivity index (χ2n) is 17.7. The van der Waals surface area contributed by atoms with Gasteiger partial charge in [0, 0.05) is 107 Å². The summed E-state index contributed by atoms with van der Waals surface area (Å²) in [6.45, 7) is 12.6. The lowest BCUT2D eigenvalue weighted by Crippen LogP contribution is -2.49. The van der Waals surface area contributed by atoms with Crippen molar-refractivity contribution >= 4 is 72.2 Å². The van der Waals surface area contributed by atoms with Crippen LogP contribution < -0.4 is 35.2 Å². The van der Waals surface area contributed by atoms with E-state index in [0.29, 0.717) is 31.8 Å². The molecule has 5 aliphatic rings. The van der Waals surface area contributed by atoms with Crippen LogP contribution in [0.15, 0.2) is 71.9 Å². The largest absolute Gasteiger partial charge is 0.489 e. The van der Waals surface area contributed by atoms with Crippen molar-refractivity contribution in [1.82, 2.24) is 40.8 Å². The standard InChI is InChI=1S/C26H29N5O3S.C22H25N5O2S/c1-16(19-12-24(32)28-13-19)34-23-11-18(10-22-25(23)35-15-29-22)21-5-4-20(14-27-21)30-6-8-31(9-7-30)26(33)17-2-3-17;1-14(16-10-21(28)25-11-16)29-20-9-15(8-19-22(20)30-13-26-19)18-3-2-17(12-24-18)27-6-4-23-5-7-27/h4-5,10-11,14-17,19H,2-3,6-9,12-13H2,1H3,(H,28,32);2-3,8-9,12-14,16,23H,4-7,10-11H2,1H3,(H,25,28)/t16-,19-;14-,16-/m11/s1. The molecule has 1 saturated carbocycles. The van der Waals surface area contributed by atoms with Gasteiger partial charge in [0.1, 0.15) is 23.7 Å². The van der Waals surface area contributed by atoms with E-state index in [1.807, 2.05) is 66.4 Å². The molecule has 4 saturated heterocycles. The number of benzene rings is 2. The molecule has 6 aromatic rings. The molecular weight excluding hydrogens is 861 g/mol. The maximum Gasteiger partial charge on any atom is 0.225 e. The van der Waals surface area contributed by atoms with Gasteiger partial charge in [-0.2, -0.15) is 0 Å². The van der Waals surface area contributed by atoms with E-state index in [-0.39, 0.29) is 41.8 Å². The predicted octanol–water partition coefficient (Wildman–Crippen LogP) is 5.99. The van der Waals surface area contributed by atoms with Gasteiger partial charge in [0.25, 0.3) is 0 Å². The van der Waals surface area contributed by atoms with Gasteiger partial charge in [-0.1, -0.05) is 0 Å². The van der Waals surface area contributed by atoms with E-state index in [4.69, 9.17) is 19.4 Å². The number of ether oxygens (including phenoxy) is 2. The average Bonchev–Trinajstić information content (AvgIpc) is 3.70. The van der Waals surface area contributed by atoms with Crippen LogP contribution >= 0.6 is 22.7 Å². The van der Waals surface area contributed by atoms with E-state index < -0.39 is 0 Å². The summed E-state index contributed by atoms with van der Waals surface area (Å²) in [6.07, 6.45) is 6.84. The molecule has 0 bridgehead atoms. The minimum Gasteiger partial charge on any atom is -0.489 e. The van der Waals surface area contributed by atoms with Gasteiger partial charge in [-0.25, -0.2) is 9.97 Å². The molecule has 15 nitrogen and oxygen atoms in total. The summed E-state index contributed by atoms with van der Waals surface area (Å²) in [5.41, 5.74) is 11.4. The number of carbonyl (C=O) groups excluding carboxylic acids is 3. The molecule has 338 valence electrons. The minimum absolute atomic E-state index is 0.0625. The highest BCUT2D eigenvalue weighted by Gasteiger charge is 2.35. The highest BCUT2D eigenvalue weighted by Crippen LogP contribution is 2.38. The summed E-state index contributed by atoms with van der Waals surface area (Å²) in [6, 6.07) is 16.5. The van der Waals surface area contributed by atoms with E-state index >= 15 is 0 Å². The van der Waals surface area contributed by atoms with Gasteiger partial charge in [0.05, 0.1) is 66.6 Å². The Morgan fingerprint density at radius 3 is 1.58 bits per heavy atom. The highest BCUT2D eigenvalue weighted by molar-refractivity contribution is 7.17. The Hall–Kier alpha value is -5.91. The zero-order valence-electron chi connectivity index (χ0n) is 36.7. The van der Waals surface area contributed by atoms with Crippen LogP contribution in [0.1, 0.15) is 39.5 Å². The number of amides is 3. The molecule has 0 unspecified atom stereocenters. The summed E-state index contributed by atoms with van der Waals surface area (Å²) >= 11 is 3.13. The Morgan fingerprint density at radius 1 is 0.662 bits per heavy atom. The van der Waals surface area contributed by atoms with Crippen molar-refractivity contribution in [3.8, 4) is 34.0 Å². The molecule has 65 heavy (non-hydrogen) atoms. The van der Waals surface area contributed by atoms with Crippen LogP contribution in [0, 0.1) is 17.8 Å². The van der Waals surface area contributed by atoms with E-state index in [2.05, 4.69) is 60.0 Å². The predicted molar refractivity (Wildman–Crippen MR) is 255 cm³/mol. The first-order chi connectivity index (χ1) is 31.7. The van der Waals surface area contributed by atoms with E-state index in [1.54, 1.807) is 22.7 Å². The minimum atomic E-state index is -0.0877. The van der Waals surface area contributed by atoms with Gasteiger partial charge in [-0.15, -0.1) is 22.7 Å². The molecule has 2 aromatic carbocycles. The Labute approximate surface area is 386 Å². The fraction of sp³-hybridized carbons (Fsp3) is 0.438. The molecule has 17 heteroatoms. The molecule has 11 rings (SSSR count). The number of fused-ring (bicyclic) bond motifs is 2. The summed E-state index contributed by atoms with van der Waals surface area (Å²) in [5.74, 6) is 2.74. The number of thiazole rings is 2. The first-order valence-corrected chi connectivity index (χ1v) is 24.5. The first kappa shape index (κ1) is 43.0. The lowest BCUT2D eigenvalue weighted by Gasteiger charge is -2.36. The van der Waals surface area contributed by atoms with Crippen LogP contribution in [0.2, 0.25) is 0 Å². The van der Waals surface area contributed by atoms with Crippen molar-refractivity contribution < 1.29 is 23.9 Å². The average molecular weight is 915 g/mol. The van der Waals surface area contributed by atoms with E-state index in [1.165, 1.54) is 0 Å². The van der Waals surface area contributed by atoms with Gasteiger partial charge in [0.2, 0.25) is 17.7 Å². The number of aromatic nitrogens is 4. The zero-order valence-corrected chi connectivity index (χ0v) is 38.3. The summed E-state index contributed by atoms with van der Waals surface area (Å²) in [7, 11) is 0. The number of hydrogen-bond acceptors (Lipinski definition) is 14. The molecule has 4 aliphatic heterocycles. The smallest absolute Gasteiger partial charge is 0.225 e. The highest BCUT2D eigenvalue weighted by atomic mass is 32.1. The monoisotopic (exact) mass is 914 g/mol. The van der Waals surface area contributed by atoms with Crippen LogP contribution in [0.25, 0.3) is 42.9 Å². The third-order valence-electron chi connectivity index (χ3n) is 13.2. The number of piperazine rings is 2. The first-order valence-electron chi connectivity index (χ1n) is 22.8. The third-order valence-corrected chi connectivity index (χ3v) is 14.9. The number of nitrogens with zero attached hydrogens (tertiary/aromatic N) is 7. The van der Waals surface area contributed by atoms with Gasteiger partial charge < -0.3 is 40.1 Å². The van der Waals surface area contributed by atoms with E-state index in [9.17, 15) is 14.4 Å². The Kier molecular flexibility index (Phi) is 12.5. The fourth-order valence-corrected chi connectivity index (χ4v) is 10.5. The van der Waals surface area contributed by atoms with Crippen LogP contribution in [0.4, 0.5) is 11.4 Å². The maximum absolute atomic E-state index is 12.3. The molecule has 8 heterocycles. The molecule has 3 N–H and O–H groups in total. The zero-order chi connectivity index (χ0) is 44.4. The fourth-order valence-electron chi connectivity index (χ4n) is 9.04. The van der Waals surface area contributed by atoms with Crippen LogP contribution in [-0.2, 0) is 14.4 Å². The van der Waals surface area contributed by atoms with Crippen molar-refractivity contribution in [3.05, 3.63) is 71.9 Å². The molecule has 3 amide bonds. The Balaban J connectivity index is 0.000000155. The van der Waals surface area contributed by atoms with Crippen molar-refractivity contribution in [2.24, 2.45) is 17.8 Å². The number of rotatable bonds is 11. The summed E-state index contributed by atoms with van der Waals surface area (Å²) in [5, 5.41) is 9.16. The third kappa shape index (κ3) is 9.72. The lowest BCUT2D eigenvalue weighted by molar-refractivity contribution is -0.132. The van der Waals surface area contributed by atoms with Crippen molar-refractivity contribution in [2.45, 2.75) is 51.7 Å². The number of nitrogens with one attached hydrogen (secondary N) is 3. The molecule has 4 aromatic heterocycles. The lowest BCUT2D eigenvalue weighted by atomic mass is 10.0. The molecule has 1 aliphatic carbocycles. The Bertz CT molecular complexity index is 2660. The summed E-state index contributed by atoms with van der Waals surface area (Å²) in [4.78, 5) is 60.7. The van der Waals surface area contributed by atoms with Gasteiger partial charge in [-0.3, -0.25) is 24.4 Å². The van der Waals surface area contributed by atoms with Crippen molar-refractivity contribution in [1.29, 1.82) is 0 Å². The van der Waals surface area contributed by atoms with Crippen LogP contribution in [-0.4, -0.2) is 120 Å². The summed E-state index contributed by atoms with van der Waals surface area (Å²) < 4.78 is 14.7. The molecule has 0 radical (unpaired) electrons. The number of carbonyl (C=O) groups is 3. The normalized spacial score (nSPS) is 20.9. The van der Waals surface area contributed by atoms with Gasteiger partial charge in [-0.05, 0) is 75.2 Å². The van der Waals surface area contributed by atoms with Crippen LogP contribution in [0.3, 0.4) is 0 Å². The molecule has 4 atom stereocenters. The van der Waals surface area contributed by atoms with Gasteiger partial charge >= 0.3 is 0 Å². The Morgan fingerprint density at radius 2 is 1.15 bits per heavy atom. The second-order valence-corrected chi connectivity index (χ2v) is 19.4. The van der Waals surface area contributed by atoms with Crippen molar-refractivity contribution in [3.63, 3.8) is 0 Å². The number of anilines is 2. The SMILES string of the molecule is C[C@@H](Oc1cc(-c2ccc(N3CCN(C(=O)C4CC4)CC3)cn2)cc2ncsc12)[C@H]1CNC(=O)C1.C[C@@H](Oc1cc(-c2ccc(N3CCNCC3)cn2)cc2ncsc12)[C@H]1CNC(=O)C1. The number of pyridine rings is 2. The van der Waals surface area contributed by atoms with Gasteiger partial charge in [0.15, 0.2) is 0 Å². The molecular formula is C48H54N10O5S2. The topological polar surface area (TPSA) is 167 Å². The molecule has 5 fully saturated rings. The quantitative estimate of drug-likeness (QED) is 0.139. The molecule has 0 spiro atoms. The second kappa shape index (κ2) is 18.9.